The molecule has 70 heavy (non-hydrogen) atoms. The monoisotopic (exact) mass is 1030 g/mol. The van der Waals surface area contributed by atoms with Gasteiger partial charge in [0.2, 0.25) is 11.2 Å². The number of nitrogens with one attached hydrogen (secondary N) is 1. The molecule has 6 heterocycles. The van der Waals surface area contributed by atoms with Crippen LogP contribution in [-0.4, -0.2) is 104 Å². The normalized spacial score (nSPS) is 15.0. The van der Waals surface area contributed by atoms with Crippen LogP contribution in [-0.2, 0) is 78.0 Å². The topological polar surface area (TPSA) is 279 Å². The Bertz CT molecular complexity index is 3060. The number of fused-ring (bicyclic) bond motifs is 6. The van der Waals surface area contributed by atoms with E-state index >= 15 is 0 Å². The number of hydrogen-bond donors (Lipinski definition) is 3. The maximum absolute atomic E-state index is 12.3. The molecule has 2 aliphatic heterocycles. The molecule has 2 aromatic carbocycles. The molecule has 0 aliphatic carbocycles. The standard InChI is InChI=1S/C22H29N5O3S.C15H21N3O3S.C7H9ClN2.2CO2.CH4/c1-6-15-11-23-22(24-14(15)4)27-8-7-26-18-10-19(31(5,29)30)16(12-28)9-17(18)25-21(26)20(27)13(2)3;1-9(2)14-15-17-11-6-10(8-19)13(22(3,20)21)7-12(11)18(15)5-4-16-14;1-3-6-4-9-7(8)10-5(6)2;2*2-1-3;/h9-11,13,20,28H,6-8,12H2,1-5H3;6-7,9,14,16,19H,4-5,8H2,1-3H3;4H,3H2,1-2H3;;;1H4/t20-;14-;;;;/m11..../s1. The van der Waals surface area contributed by atoms with Crippen molar-refractivity contribution in [3.63, 3.8) is 0 Å². The molecule has 380 valence electrons. The lowest BCUT2D eigenvalue weighted by molar-refractivity contribution is -0.193. The lowest BCUT2D eigenvalue weighted by atomic mass is 10.00. The van der Waals surface area contributed by atoms with Gasteiger partial charge in [0, 0.05) is 62.5 Å². The van der Waals surface area contributed by atoms with Gasteiger partial charge in [-0.15, -0.1) is 0 Å². The van der Waals surface area contributed by atoms with Crippen LogP contribution in [0.1, 0.15) is 106 Å². The van der Waals surface area contributed by atoms with E-state index in [1.165, 1.54) is 12.5 Å². The molecule has 0 fully saturated rings. The van der Waals surface area contributed by atoms with Crippen molar-refractivity contribution in [3.8, 4) is 0 Å². The number of anilines is 1. The van der Waals surface area contributed by atoms with Gasteiger partial charge in [-0.3, -0.25) is 0 Å². The van der Waals surface area contributed by atoms with Crippen molar-refractivity contribution in [2.24, 2.45) is 11.8 Å². The molecule has 0 radical (unpaired) electrons. The van der Waals surface area contributed by atoms with Crippen LogP contribution in [0.3, 0.4) is 0 Å². The van der Waals surface area contributed by atoms with Crippen molar-refractivity contribution in [3.05, 3.63) is 87.2 Å². The number of nitrogens with zero attached hydrogens (tertiary/aromatic N) is 9. The third kappa shape index (κ3) is 13.5. The van der Waals surface area contributed by atoms with Gasteiger partial charge in [-0.2, -0.15) is 19.2 Å². The van der Waals surface area contributed by atoms with Crippen molar-refractivity contribution < 1.29 is 46.2 Å². The molecule has 0 spiro atoms. The van der Waals surface area contributed by atoms with Crippen molar-refractivity contribution in [1.82, 2.24) is 44.4 Å². The van der Waals surface area contributed by atoms with Crippen LogP contribution >= 0.6 is 11.6 Å². The van der Waals surface area contributed by atoms with Crippen LogP contribution in [0.15, 0.2) is 46.5 Å². The van der Waals surface area contributed by atoms with Crippen LogP contribution in [0.2, 0.25) is 5.28 Å². The van der Waals surface area contributed by atoms with Gasteiger partial charge >= 0.3 is 12.3 Å². The van der Waals surface area contributed by atoms with E-state index in [9.17, 15) is 27.0 Å². The van der Waals surface area contributed by atoms with E-state index in [2.05, 4.69) is 80.8 Å². The van der Waals surface area contributed by atoms with Gasteiger partial charge in [0.15, 0.2) is 19.7 Å². The molecular weight excluding hydrogens is 964 g/mol. The molecule has 3 N–H and O–H groups in total. The van der Waals surface area contributed by atoms with Gasteiger partial charge in [-0.1, -0.05) is 49.0 Å². The predicted molar refractivity (Wildman–Crippen MR) is 262 cm³/mol. The molecule has 20 nitrogen and oxygen atoms in total. The highest BCUT2D eigenvalue weighted by atomic mass is 35.5. The lowest BCUT2D eigenvalue weighted by Crippen LogP contribution is -2.42. The highest BCUT2D eigenvalue weighted by Crippen LogP contribution is 2.38. The smallest absolute Gasteiger partial charge is 0.373 e. The number of benzene rings is 2. The average molecular weight is 1030 g/mol. The molecule has 6 aromatic rings. The molecule has 2 atom stereocenters. The van der Waals surface area contributed by atoms with Crippen molar-refractivity contribution in [2.45, 2.75) is 124 Å². The number of rotatable bonds is 9. The van der Waals surface area contributed by atoms with Gasteiger partial charge in [0.05, 0.1) is 57.2 Å². The summed E-state index contributed by atoms with van der Waals surface area (Å²) in [6.45, 7) is 18.9. The predicted octanol–water partition coefficient (Wildman–Crippen LogP) is 5.51. The third-order valence-corrected chi connectivity index (χ3v) is 14.2. The van der Waals surface area contributed by atoms with Crippen LogP contribution in [0.4, 0.5) is 5.95 Å². The van der Waals surface area contributed by atoms with Gasteiger partial charge in [0.1, 0.15) is 11.6 Å². The Kier molecular flexibility index (Phi) is 21.2. The zero-order valence-electron chi connectivity index (χ0n) is 40.3. The first-order chi connectivity index (χ1) is 32.5. The summed E-state index contributed by atoms with van der Waals surface area (Å²) in [6.07, 6.45) is 8.36. The molecule has 0 bridgehead atoms. The first kappa shape index (κ1) is 58.5. The fraction of sp³-hybridized carbons (Fsp3) is 0.489. The van der Waals surface area contributed by atoms with E-state index in [-0.39, 0.29) is 60.7 Å². The molecule has 2 aliphatic rings. The highest BCUT2D eigenvalue weighted by molar-refractivity contribution is 7.91. The van der Waals surface area contributed by atoms with E-state index in [0.29, 0.717) is 46.9 Å². The zero-order valence-corrected chi connectivity index (χ0v) is 42.7. The number of imidazole rings is 2. The van der Waals surface area contributed by atoms with Crippen LogP contribution < -0.4 is 10.2 Å². The van der Waals surface area contributed by atoms with Crippen LogP contribution in [0, 0.1) is 25.7 Å². The lowest BCUT2D eigenvalue weighted by Gasteiger charge is -2.38. The molecule has 0 saturated carbocycles. The van der Waals surface area contributed by atoms with Gasteiger partial charge in [-0.25, -0.2) is 46.7 Å². The van der Waals surface area contributed by atoms with Crippen LogP contribution in [0.25, 0.3) is 22.1 Å². The molecule has 0 amide bonds. The summed E-state index contributed by atoms with van der Waals surface area (Å²) >= 11 is 5.55. The fourth-order valence-electron chi connectivity index (χ4n) is 8.40. The molecule has 0 unspecified atom stereocenters. The largest absolute Gasteiger partial charge is 0.392 e. The Balaban J connectivity index is 0.000000288. The molecular formula is C47H63ClN10O10S2. The average Bonchev–Trinajstić information content (AvgIpc) is 3.85. The summed E-state index contributed by atoms with van der Waals surface area (Å²) < 4.78 is 52.7. The Morgan fingerprint density at radius 1 is 0.686 bits per heavy atom. The first-order valence-corrected chi connectivity index (χ1v) is 26.2. The Hall–Kier alpha value is -5.83. The Morgan fingerprint density at radius 3 is 1.56 bits per heavy atom. The second-order valence-corrected chi connectivity index (χ2v) is 21.3. The zero-order chi connectivity index (χ0) is 51.5. The van der Waals surface area contributed by atoms with Crippen LogP contribution in [0.5, 0.6) is 0 Å². The number of aromatic nitrogens is 8. The minimum absolute atomic E-state index is 0. The molecule has 8 rings (SSSR count). The maximum Gasteiger partial charge on any atom is 0.373 e. The van der Waals surface area contributed by atoms with Crippen molar-refractivity contribution >= 4 is 71.6 Å². The number of halogens is 1. The van der Waals surface area contributed by atoms with Gasteiger partial charge < -0.3 is 29.6 Å². The quantitative estimate of drug-likeness (QED) is 0.150. The van der Waals surface area contributed by atoms with E-state index < -0.39 is 19.7 Å². The third-order valence-electron chi connectivity index (χ3n) is 11.6. The maximum atomic E-state index is 12.3. The second kappa shape index (κ2) is 25.3. The molecule has 23 heteroatoms. The summed E-state index contributed by atoms with van der Waals surface area (Å²) in [7, 11) is -6.86. The Labute approximate surface area is 413 Å². The van der Waals surface area contributed by atoms with Gasteiger partial charge in [-0.05, 0) is 96.6 Å². The first-order valence-electron chi connectivity index (χ1n) is 22.0. The molecule has 4 aromatic heterocycles. The SMILES string of the molecule is C.CC(C)[C@H]1NCCn2c1nc1cc(CO)c(S(C)(=O)=O)cc12.CCc1cnc(Cl)nc1C.CCc1cnc(N2CCn3c(nc4cc(CO)c(S(C)(=O)=O)cc43)[C@H]2C(C)C)nc1C.O=C=O.O=C=O. The number of aliphatic hydroxyl groups excluding tert-OH is 2. The van der Waals surface area contributed by atoms with E-state index in [1.807, 2.05) is 20.0 Å². The number of sulfone groups is 2. The Morgan fingerprint density at radius 2 is 1.14 bits per heavy atom. The van der Waals surface area contributed by atoms with Gasteiger partial charge in [0.25, 0.3) is 0 Å². The minimum Gasteiger partial charge on any atom is -0.392 e. The number of carbonyl (C=O) groups excluding carboxylic acids is 4. The highest BCUT2D eigenvalue weighted by Gasteiger charge is 2.35. The van der Waals surface area contributed by atoms with Crippen molar-refractivity contribution in [2.75, 3.05) is 30.5 Å². The number of hydrogen-bond acceptors (Lipinski definition) is 18. The summed E-state index contributed by atoms with van der Waals surface area (Å²) in [5.74, 6) is 3.12. The van der Waals surface area contributed by atoms with E-state index in [0.717, 1.165) is 76.6 Å². The summed E-state index contributed by atoms with van der Waals surface area (Å²) in [6, 6.07) is 6.78. The van der Waals surface area contributed by atoms with Crippen molar-refractivity contribution in [1.29, 1.82) is 0 Å². The second-order valence-electron chi connectivity index (χ2n) is 17.0. The number of aliphatic hydroxyl groups is 2. The fourth-order valence-corrected chi connectivity index (χ4v) is 10.4. The number of aryl methyl sites for hydroxylation is 4. The van der Waals surface area contributed by atoms with E-state index in [4.69, 9.17) is 40.7 Å². The summed E-state index contributed by atoms with van der Waals surface area (Å²) in [4.78, 5) is 61.9. The van der Waals surface area contributed by atoms with E-state index in [1.54, 1.807) is 30.5 Å². The minimum atomic E-state index is -3.47. The summed E-state index contributed by atoms with van der Waals surface area (Å²) in [5, 5.41) is 23.0. The summed E-state index contributed by atoms with van der Waals surface area (Å²) in [5.41, 5.74) is 8.05. The molecule has 0 saturated heterocycles.